The molecule has 1 aromatic heterocycles. The van der Waals surface area contributed by atoms with Crippen molar-refractivity contribution < 1.29 is 0 Å². The number of aryl methyl sites for hydroxylation is 1. The molecule has 0 aromatic carbocycles. The minimum absolute atomic E-state index is 0. The first-order chi connectivity index (χ1) is 7.25. The fraction of sp³-hybridized carbons (Fsp3) is 0.583. The van der Waals surface area contributed by atoms with Gasteiger partial charge in [0.05, 0.1) is 0 Å². The molecule has 0 aliphatic carbocycles. The number of aromatic nitrogens is 1. The van der Waals surface area contributed by atoms with Gasteiger partial charge in [-0.1, -0.05) is 6.07 Å². The Kier molecular flexibility index (Phi) is 5.03. The van der Waals surface area contributed by atoms with Gasteiger partial charge in [-0.2, -0.15) is 0 Å². The standard InChI is InChI=1S/C12H19N3.ClH/c1-10-5-6-12(14-8-10)15(2)9-11-4-3-7-13-11;/h5-6,8,11,13H,3-4,7,9H2,1-2H3;1H. The lowest BCUT2D eigenvalue weighted by Gasteiger charge is -2.22. The van der Waals surface area contributed by atoms with Crippen molar-refractivity contribution in [2.45, 2.75) is 25.8 Å². The van der Waals surface area contributed by atoms with Crippen LogP contribution in [0.4, 0.5) is 5.82 Å². The number of anilines is 1. The van der Waals surface area contributed by atoms with Crippen molar-refractivity contribution in [2.75, 3.05) is 25.0 Å². The van der Waals surface area contributed by atoms with E-state index in [1.54, 1.807) is 0 Å². The summed E-state index contributed by atoms with van der Waals surface area (Å²) in [6.45, 7) is 4.28. The fourth-order valence-electron chi connectivity index (χ4n) is 2.02. The zero-order chi connectivity index (χ0) is 10.7. The molecule has 1 fully saturated rings. The van der Waals surface area contributed by atoms with E-state index in [1.165, 1.54) is 24.9 Å². The lowest BCUT2D eigenvalue weighted by Crippen LogP contribution is -2.35. The van der Waals surface area contributed by atoms with Crippen LogP contribution in [-0.4, -0.2) is 31.2 Å². The van der Waals surface area contributed by atoms with E-state index in [0.29, 0.717) is 6.04 Å². The molecule has 1 aromatic rings. The van der Waals surface area contributed by atoms with E-state index >= 15 is 0 Å². The highest BCUT2D eigenvalue weighted by molar-refractivity contribution is 5.85. The second kappa shape index (κ2) is 6.06. The van der Waals surface area contributed by atoms with Crippen LogP contribution in [0.25, 0.3) is 0 Å². The summed E-state index contributed by atoms with van der Waals surface area (Å²) in [5.41, 5.74) is 1.21. The van der Waals surface area contributed by atoms with Gasteiger partial charge in [0.1, 0.15) is 5.82 Å². The van der Waals surface area contributed by atoms with Gasteiger partial charge < -0.3 is 10.2 Å². The number of pyridine rings is 1. The highest BCUT2D eigenvalue weighted by Gasteiger charge is 2.16. The van der Waals surface area contributed by atoms with Gasteiger partial charge in [-0.25, -0.2) is 4.98 Å². The number of likely N-dealkylation sites (N-methyl/N-ethyl adjacent to an activating group) is 1. The minimum atomic E-state index is 0. The van der Waals surface area contributed by atoms with Gasteiger partial charge in [0.2, 0.25) is 0 Å². The van der Waals surface area contributed by atoms with E-state index in [4.69, 9.17) is 0 Å². The molecular weight excluding hydrogens is 222 g/mol. The van der Waals surface area contributed by atoms with Gasteiger partial charge in [0, 0.05) is 25.8 Å². The molecule has 2 heterocycles. The van der Waals surface area contributed by atoms with Crippen LogP contribution in [0.2, 0.25) is 0 Å². The van der Waals surface area contributed by atoms with Crippen molar-refractivity contribution >= 4 is 18.2 Å². The van der Waals surface area contributed by atoms with Crippen LogP contribution in [0.3, 0.4) is 0 Å². The predicted octanol–water partition coefficient (Wildman–Crippen LogP) is 2.00. The Hall–Kier alpha value is -0.800. The molecule has 4 heteroatoms. The van der Waals surface area contributed by atoms with E-state index < -0.39 is 0 Å². The molecular formula is C12H20ClN3. The average molecular weight is 242 g/mol. The van der Waals surface area contributed by atoms with Gasteiger partial charge >= 0.3 is 0 Å². The summed E-state index contributed by atoms with van der Waals surface area (Å²) in [5.74, 6) is 1.06. The van der Waals surface area contributed by atoms with Gasteiger partial charge in [-0.15, -0.1) is 12.4 Å². The molecule has 0 spiro atoms. The van der Waals surface area contributed by atoms with E-state index in [1.807, 2.05) is 6.20 Å². The molecule has 0 amide bonds. The Labute approximate surface area is 104 Å². The van der Waals surface area contributed by atoms with Gasteiger partial charge in [0.15, 0.2) is 0 Å². The van der Waals surface area contributed by atoms with Crippen molar-refractivity contribution in [1.29, 1.82) is 0 Å². The van der Waals surface area contributed by atoms with Crippen LogP contribution in [0.1, 0.15) is 18.4 Å². The third-order valence-corrected chi connectivity index (χ3v) is 2.94. The first kappa shape index (κ1) is 13.3. The van der Waals surface area contributed by atoms with Gasteiger partial charge in [-0.05, 0) is 37.9 Å². The lowest BCUT2D eigenvalue weighted by atomic mass is 10.2. The number of rotatable bonds is 3. The van der Waals surface area contributed by atoms with E-state index in [0.717, 1.165) is 12.4 Å². The summed E-state index contributed by atoms with van der Waals surface area (Å²) in [7, 11) is 2.11. The quantitative estimate of drug-likeness (QED) is 0.878. The second-order valence-electron chi connectivity index (χ2n) is 4.37. The third kappa shape index (κ3) is 3.35. The molecule has 2 rings (SSSR count). The maximum absolute atomic E-state index is 4.42. The molecule has 1 atom stereocenters. The summed E-state index contributed by atoms with van der Waals surface area (Å²) < 4.78 is 0. The summed E-state index contributed by atoms with van der Waals surface area (Å²) in [4.78, 5) is 6.64. The molecule has 0 bridgehead atoms. The van der Waals surface area contributed by atoms with E-state index in [2.05, 4.69) is 41.3 Å². The summed E-state index contributed by atoms with van der Waals surface area (Å²) in [5, 5.41) is 3.50. The molecule has 1 N–H and O–H groups in total. The number of nitrogens with one attached hydrogen (secondary N) is 1. The van der Waals surface area contributed by atoms with Crippen LogP contribution < -0.4 is 10.2 Å². The van der Waals surface area contributed by atoms with E-state index in [-0.39, 0.29) is 12.4 Å². The average Bonchev–Trinajstić information content (AvgIpc) is 2.71. The smallest absolute Gasteiger partial charge is 0.128 e. The summed E-state index contributed by atoms with van der Waals surface area (Å²) in [6.07, 6.45) is 4.52. The SMILES string of the molecule is Cc1ccc(N(C)CC2CCCN2)nc1.Cl. The molecule has 0 saturated carbocycles. The number of nitrogens with zero attached hydrogens (tertiary/aromatic N) is 2. The maximum atomic E-state index is 4.42. The number of halogens is 1. The molecule has 1 unspecified atom stereocenters. The molecule has 3 nitrogen and oxygen atoms in total. The molecule has 90 valence electrons. The minimum Gasteiger partial charge on any atom is -0.358 e. The lowest BCUT2D eigenvalue weighted by molar-refractivity contribution is 0.597. The zero-order valence-corrected chi connectivity index (χ0v) is 10.8. The molecule has 1 aliphatic rings. The number of hydrogen-bond donors (Lipinski definition) is 1. The van der Waals surface area contributed by atoms with Crippen LogP contribution in [0.5, 0.6) is 0 Å². The zero-order valence-electron chi connectivity index (χ0n) is 9.94. The monoisotopic (exact) mass is 241 g/mol. The van der Waals surface area contributed by atoms with Gasteiger partial charge in [0.25, 0.3) is 0 Å². The van der Waals surface area contributed by atoms with Crippen LogP contribution in [-0.2, 0) is 0 Å². The fourth-order valence-corrected chi connectivity index (χ4v) is 2.02. The summed E-state index contributed by atoms with van der Waals surface area (Å²) >= 11 is 0. The normalized spacial score (nSPS) is 19.2. The van der Waals surface area contributed by atoms with Crippen LogP contribution in [0, 0.1) is 6.92 Å². The number of hydrogen-bond acceptors (Lipinski definition) is 3. The Morgan fingerprint density at radius 3 is 2.88 bits per heavy atom. The molecule has 0 radical (unpaired) electrons. The highest BCUT2D eigenvalue weighted by atomic mass is 35.5. The maximum Gasteiger partial charge on any atom is 0.128 e. The Morgan fingerprint density at radius 1 is 1.50 bits per heavy atom. The first-order valence-corrected chi connectivity index (χ1v) is 5.63. The van der Waals surface area contributed by atoms with Gasteiger partial charge in [-0.3, -0.25) is 0 Å². The Bertz CT molecular complexity index is 307. The first-order valence-electron chi connectivity index (χ1n) is 5.63. The van der Waals surface area contributed by atoms with Crippen LogP contribution >= 0.6 is 12.4 Å². The predicted molar refractivity (Wildman–Crippen MR) is 70.5 cm³/mol. The van der Waals surface area contributed by atoms with E-state index in [9.17, 15) is 0 Å². The van der Waals surface area contributed by atoms with Crippen molar-refractivity contribution in [1.82, 2.24) is 10.3 Å². The molecule has 16 heavy (non-hydrogen) atoms. The van der Waals surface area contributed by atoms with Crippen LogP contribution in [0.15, 0.2) is 18.3 Å². The Morgan fingerprint density at radius 2 is 2.31 bits per heavy atom. The second-order valence-corrected chi connectivity index (χ2v) is 4.37. The Balaban J connectivity index is 0.00000128. The largest absolute Gasteiger partial charge is 0.358 e. The topological polar surface area (TPSA) is 28.2 Å². The summed E-state index contributed by atoms with van der Waals surface area (Å²) in [6, 6.07) is 4.84. The highest BCUT2D eigenvalue weighted by Crippen LogP contribution is 2.12. The third-order valence-electron chi connectivity index (χ3n) is 2.94. The van der Waals surface area contributed by atoms with Crippen molar-refractivity contribution in [2.24, 2.45) is 0 Å². The molecule has 1 aliphatic heterocycles. The van der Waals surface area contributed by atoms with Crippen molar-refractivity contribution in [3.8, 4) is 0 Å². The molecule has 1 saturated heterocycles. The van der Waals surface area contributed by atoms with Crippen molar-refractivity contribution in [3.63, 3.8) is 0 Å². The van der Waals surface area contributed by atoms with Crippen molar-refractivity contribution in [3.05, 3.63) is 23.9 Å².